The predicted octanol–water partition coefficient (Wildman–Crippen LogP) is 0.309. The van der Waals surface area contributed by atoms with E-state index in [1.807, 2.05) is 0 Å². The minimum Gasteiger partial charge on any atom is -0.330 e. The quantitative estimate of drug-likeness (QED) is 0.780. The molecule has 0 bridgehead atoms. The van der Waals surface area contributed by atoms with E-state index in [9.17, 15) is 8.42 Å². The second kappa shape index (κ2) is 5.38. The van der Waals surface area contributed by atoms with Gasteiger partial charge >= 0.3 is 0 Å². The van der Waals surface area contributed by atoms with E-state index < -0.39 is 10.0 Å². The number of sulfonamides is 1. The Labute approximate surface area is 108 Å². The van der Waals surface area contributed by atoms with Crippen LogP contribution in [-0.4, -0.2) is 30.8 Å². The van der Waals surface area contributed by atoms with E-state index in [0.29, 0.717) is 19.0 Å². The van der Waals surface area contributed by atoms with Gasteiger partial charge in [0.05, 0.1) is 6.20 Å². The highest BCUT2D eigenvalue weighted by Crippen LogP contribution is 2.27. The topological polar surface area (TPSA) is 90.0 Å². The maximum Gasteiger partial charge on any atom is 0.243 e. The van der Waals surface area contributed by atoms with Gasteiger partial charge in [-0.3, -0.25) is 4.68 Å². The second-order valence-corrected chi connectivity index (χ2v) is 6.69. The van der Waals surface area contributed by atoms with E-state index in [1.54, 1.807) is 10.9 Å². The number of hydrogen-bond acceptors (Lipinski definition) is 4. The molecule has 3 N–H and O–H groups in total. The molecule has 0 radical (unpaired) electrons. The smallest absolute Gasteiger partial charge is 0.243 e. The zero-order valence-corrected chi connectivity index (χ0v) is 11.4. The summed E-state index contributed by atoms with van der Waals surface area (Å²) in [6.07, 6.45) is 5.57. The number of hydrogen-bond donors (Lipinski definition) is 2. The van der Waals surface area contributed by atoms with E-state index >= 15 is 0 Å². The highest BCUT2D eigenvalue weighted by molar-refractivity contribution is 7.89. The molecule has 1 aromatic rings. The van der Waals surface area contributed by atoms with Crippen LogP contribution in [0.4, 0.5) is 0 Å². The largest absolute Gasteiger partial charge is 0.330 e. The van der Waals surface area contributed by atoms with Gasteiger partial charge in [-0.1, -0.05) is 6.92 Å². The monoisotopic (exact) mass is 272 g/mol. The molecule has 18 heavy (non-hydrogen) atoms. The second-order valence-electron chi connectivity index (χ2n) is 4.98. The zero-order valence-electron chi connectivity index (χ0n) is 10.5. The fourth-order valence-corrected chi connectivity index (χ4v) is 3.36. The average Bonchev–Trinajstić information content (AvgIpc) is 2.73. The number of nitrogens with two attached hydrogens (primary N) is 1. The molecular formula is C11H20N4O2S. The zero-order chi connectivity index (χ0) is 13.2. The molecule has 0 aromatic carbocycles. The summed E-state index contributed by atoms with van der Waals surface area (Å²) in [7, 11) is -3.41. The van der Waals surface area contributed by atoms with Gasteiger partial charge in [0.1, 0.15) is 4.90 Å². The molecule has 0 amide bonds. The van der Waals surface area contributed by atoms with Crippen LogP contribution in [0.1, 0.15) is 26.2 Å². The molecular weight excluding hydrogens is 252 g/mol. The summed E-state index contributed by atoms with van der Waals surface area (Å²) in [6, 6.07) is 0.0809. The highest BCUT2D eigenvalue weighted by atomic mass is 32.2. The molecule has 1 aromatic heterocycles. The molecule has 7 heteroatoms. The van der Waals surface area contributed by atoms with E-state index in [0.717, 1.165) is 19.3 Å². The van der Waals surface area contributed by atoms with Crippen LogP contribution in [0.15, 0.2) is 17.3 Å². The van der Waals surface area contributed by atoms with Crippen LogP contribution in [-0.2, 0) is 16.6 Å². The molecule has 0 aliphatic heterocycles. The molecule has 6 nitrogen and oxygen atoms in total. The lowest BCUT2D eigenvalue weighted by molar-refractivity contribution is 0.270. The summed E-state index contributed by atoms with van der Waals surface area (Å²) < 4.78 is 28.4. The van der Waals surface area contributed by atoms with E-state index in [2.05, 4.69) is 16.7 Å². The van der Waals surface area contributed by atoms with Crippen molar-refractivity contribution in [1.29, 1.82) is 0 Å². The molecule has 102 valence electrons. The summed E-state index contributed by atoms with van der Waals surface area (Å²) in [6.45, 7) is 3.34. The van der Waals surface area contributed by atoms with Crippen LogP contribution >= 0.6 is 0 Å². The minimum absolute atomic E-state index is 0.0809. The van der Waals surface area contributed by atoms with E-state index in [4.69, 9.17) is 5.73 Å². The van der Waals surface area contributed by atoms with Crippen molar-refractivity contribution in [1.82, 2.24) is 14.5 Å². The number of nitrogens with zero attached hydrogens (tertiary/aromatic N) is 2. The number of aromatic nitrogens is 2. The Bertz CT molecular complexity index is 491. The van der Waals surface area contributed by atoms with Crippen LogP contribution in [0.5, 0.6) is 0 Å². The summed E-state index contributed by atoms with van der Waals surface area (Å²) in [5.74, 6) is 0.616. The molecule has 1 fully saturated rings. The van der Waals surface area contributed by atoms with Gasteiger partial charge in [0, 0.05) is 18.8 Å². The lowest BCUT2D eigenvalue weighted by Crippen LogP contribution is -2.43. The Morgan fingerprint density at radius 1 is 1.56 bits per heavy atom. The molecule has 0 spiro atoms. The molecule has 1 heterocycles. The van der Waals surface area contributed by atoms with Crippen molar-refractivity contribution in [3.05, 3.63) is 12.4 Å². The summed E-state index contributed by atoms with van der Waals surface area (Å²) >= 11 is 0. The van der Waals surface area contributed by atoms with Crippen molar-refractivity contribution >= 4 is 10.0 Å². The predicted molar refractivity (Wildman–Crippen MR) is 68.4 cm³/mol. The normalized spacial score (nSPS) is 23.9. The van der Waals surface area contributed by atoms with E-state index in [1.165, 1.54) is 6.20 Å². The number of rotatable bonds is 6. The third-order valence-corrected chi connectivity index (χ3v) is 4.68. The van der Waals surface area contributed by atoms with Gasteiger partial charge in [-0.15, -0.1) is 0 Å². The maximum absolute atomic E-state index is 12.0. The van der Waals surface area contributed by atoms with Crippen LogP contribution in [0.25, 0.3) is 0 Å². The Balaban J connectivity index is 1.98. The highest BCUT2D eigenvalue weighted by Gasteiger charge is 2.30. The van der Waals surface area contributed by atoms with Crippen molar-refractivity contribution in [2.75, 3.05) is 6.54 Å². The van der Waals surface area contributed by atoms with Gasteiger partial charge in [0.2, 0.25) is 10.0 Å². The third kappa shape index (κ3) is 3.09. The molecule has 0 atom stereocenters. The van der Waals surface area contributed by atoms with Gasteiger partial charge in [0.15, 0.2) is 0 Å². The van der Waals surface area contributed by atoms with E-state index in [-0.39, 0.29) is 10.9 Å². The summed E-state index contributed by atoms with van der Waals surface area (Å²) in [4.78, 5) is 0.235. The summed E-state index contributed by atoms with van der Waals surface area (Å²) in [5.41, 5.74) is 5.40. The van der Waals surface area contributed by atoms with Gasteiger partial charge in [-0.2, -0.15) is 5.10 Å². The SMILES string of the molecule is CC1CC(NS(=O)(=O)c2cnn(CCCN)c2)C1. The van der Waals surface area contributed by atoms with Crippen LogP contribution < -0.4 is 10.5 Å². The van der Waals surface area contributed by atoms with Gasteiger partial charge < -0.3 is 5.73 Å². The van der Waals surface area contributed by atoms with Gasteiger partial charge in [-0.05, 0) is 31.7 Å². The molecule has 2 rings (SSSR count). The first-order valence-electron chi connectivity index (χ1n) is 6.26. The van der Waals surface area contributed by atoms with Crippen molar-refractivity contribution in [2.45, 2.75) is 43.7 Å². The average molecular weight is 272 g/mol. The molecule has 0 unspecified atom stereocenters. The van der Waals surface area contributed by atoms with Crippen molar-refractivity contribution in [2.24, 2.45) is 11.7 Å². The van der Waals surface area contributed by atoms with Crippen LogP contribution in [0.2, 0.25) is 0 Å². The van der Waals surface area contributed by atoms with Gasteiger partial charge in [-0.25, -0.2) is 13.1 Å². The minimum atomic E-state index is -3.41. The Morgan fingerprint density at radius 2 is 2.28 bits per heavy atom. The van der Waals surface area contributed by atoms with Crippen molar-refractivity contribution in [3.8, 4) is 0 Å². The first kappa shape index (κ1) is 13.5. The number of nitrogens with one attached hydrogen (secondary N) is 1. The molecule has 0 saturated heterocycles. The lowest BCUT2D eigenvalue weighted by atomic mass is 9.83. The fourth-order valence-electron chi connectivity index (χ4n) is 2.14. The standard InChI is InChI=1S/C11H20N4O2S/c1-9-5-10(6-9)14-18(16,17)11-7-13-15(8-11)4-2-3-12/h7-10,14H,2-6,12H2,1H3. The third-order valence-electron chi connectivity index (χ3n) is 3.21. The molecule has 1 aliphatic carbocycles. The Morgan fingerprint density at radius 3 is 2.89 bits per heavy atom. The Hall–Kier alpha value is -0.920. The lowest BCUT2D eigenvalue weighted by Gasteiger charge is -2.32. The van der Waals surface area contributed by atoms with Crippen LogP contribution in [0, 0.1) is 5.92 Å². The molecule has 1 saturated carbocycles. The fraction of sp³-hybridized carbons (Fsp3) is 0.727. The molecule has 1 aliphatic rings. The van der Waals surface area contributed by atoms with Crippen molar-refractivity contribution < 1.29 is 8.42 Å². The first-order valence-corrected chi connectivity index (χ1v) is 7.74. The number of aryl methyl sites for hydroxylation is 1. The van der Waals surface area contributed by atoms with Crippen molar-refractivity contribution in [3.63, 3.8) is 0 Å². The van der Waals surface area contributed by atoms with Crippen LogP contribution in [0.3, 0.4) is 0 Å². The maximum atomic E-state index is 12.0. The Kier molecular flexibility index (Phi) is 4.04. The van der Waals surface area contributed by atoms with Gasteiger partial charge in [0.25, 0.3) is 0 Å². The first-order chi connectivity index (χ1) is 8.51. The summed E-state index contributed by atoms with van der Waals surface area (Å²) in [5, 5.41) is 4.03.